The van der Waals surface area contributed by atoms with Crippen LogP contribution in [0.4, 0.5) is 8.78 Å². The largest absolute Gasteiger partial charge is 0.454 e. The van der Waals surface area contributed by atoms with Crippen LogP contribution in [0.15, 0.2) is 12.1 Å². The number of amides is 1. The van der Waals surface area contributed by atoms with Gasteiger partial charge in [-0.25, -0.2) is 0 Å². The zero-order chi connectivity index (χ0) is 19.0. The summed E-state index contributed by atoms with van der Waals surface area (Å²) in [6, 6.07) is 3.21. The molecule has 0 radical (unpaired) electrons. The molecule has 3 unspecified atom stereocenters. The summed E-state index contributed by atoms with van der Waals surface area (Å²) in [6.07, 6.45) is 5.56. The maximum absolute atomic E-state index is 12.9. The Morgan fingerprint density at radius 2 is 2.04 bits per heavy atom. The summed E-state index contributed by atoms with van der Waals surface area (Å²) >= 11 is 0. The van der Waals surface area contributed by atoms with Crippen molar-refractivity contribution >= 4 is 5.91 Å². The molecule has 2 fully saturated rings. The molecule has 1 saturated carbocycles. The molecule has 8 heteroatoms. The van der Waals surface area contributed by atoms with Gasteiger partial charge in [0.2, 0.25) is 12.7 Å². The molecule has 27 heavy (non-hydrogen) atoms. The molecule has 1 N–H and O–H groups in total. The summed E-state index contributed by atoms with van der Waals surface area (Å²) in [5.41, 5.74) is 0.464. The van der Waals surface area contributed by atoms with Gasteiger partial charge < -0.3 is 24.4 Å². The Balaban J connectivity index is 1.47. The monoisotopic (exact) mass is 382 g/mol. The number of fused-ring (bicyclic) bond motifs is 2. The van der Waals surface area contributed by atoms with Crippen molar-refractivity contribution in [3.8, 4) is 17.2 Å². The molecule has 1 aromatic rings. The minimum atomic E-state index is -2.95. The SMILES string of the molecule is CN(Cc1cc2c(cc1OC(F)F)OCO2)C(=O)C1CC2CCCCC2N1. The van der Waals surface area contributed by atoms with Crippen molar-refractivity contribution in [2.24, 2.45) is 5.92 Å². The Morgan fingerprint density at radius 1 is 1.30 bits per heavy atom. The first-order valence-corrected chi connectivity index (χ1v) is 9.39. The van der Waals surface area contributed by atoms with Gasteiger partial charge in [0.1, 0.15) is 5.75 Å². The fourth-order valence-corrected chi connectivity index (χ4v) is 4.40. The molecule has 0 spiro atoms. The van der Waals surface area contributed by atoms with Crippen molar-refractivity contribution in [3.05, 3.63) is 17.7 Å². The van der Waals surface area contributed by atoms with Gasteiger partial charge >= 0.3 is 6.61 Å². The van der Waals surface area contributed by atoms with Crippen molar-refractivity contribution < 1.29 is 27.8 Å². The van der Waals surface area contributed by atoms with E-state index in [1.165, 1.54) is 25.3 Å². The molecular formula is C19H24F2N2O4. The van der Waals surface area contributed by atoms with Gasteiger partial charge in [0, 0.05) is 31.3 Å². The molecule has 148 valence electrons. The van der Waals surface area contributed by atoms with E-state index in [0.717, 1.165) is 12.8 Å². The van der Waals surface area contributed by atoms with Crippen molar-refractivity contribution in [2.45, 2.75) is 57.3 Å². The van der Waals surface area contributed by atoms with Crippen molar-refractivity contribution in [1.82, 2.24) is 10.2 Å². The number of ether oxygens (including phenoxy) is 3. The quantitative estimate of drug-likeness (QED) is 0.849. The zero-order valence-electron chi connectivity index (χ0n) is 15.2. The molecule has 4 rings (SSSR count). The molecule has 1 aromatic carbocycles. The predicted octanol–water partition coefficient (Wildman–Crippen LogP) is 2.90. The van der Waals surface area contributed by atoms with Crippen LogP contribution in [0.2, 0.25) is 0 Å². The number of nitrogens with zero attached hydrogens (tertiary/aromatic N) is 1. The lowest BCUT2D eigenvalue weighted by Gasteiger charge is -2.24. The van der Waals surface area contributed by atoms with E-state index >= 15 is 0 Å². The standard InChI is InChI=1S/C19H24F2N2O4/c1-23(18(24)14-6-11-4-2-3-5-13(11)22-14)9-12-7-16-17(26-10-25-16)8-15(12)27-19(20)21/h7-8,11,13-14,19,22H,2-6,9-10H2,1H3. The van der Waals surface area contributed by atoms with Crippen LogP contribution in [-0.2, 0) is 11.3 Å². The van der Waals surface area contributed by atoms with Gasteiger partial charge in [0.05, 0.1) is 6.04 Å². The average molecular weight is 382 g/mol. The van der Waals surface area contributed by atoms with Crippen LogP contribution in [0.25, 0.3) is 0 Å². The van der Waals surface area contributed by atoms with Crippen LogP contribution >= 0.6 is 0 Å². The van der Waals surface area contributed by atoms with Gasteiger partial charge in [-0.1, -0.05) is 12.8 Å². The highest BCUT2D eigenvalue weighted by molar-refractivity contribution is 5.82. The summed E-state index contributed by atoms with van der Waals surface area (Å²) in [7, 11) is 1.68. The number of likely N-dealkylation sites (N-methyl/N-ethyl adjacent to an activating group) is 1. The van der Waals surface area contributed by atoms with Crippen LogP contribution in [0.1, 0.15) is 37.7 Å². The van der Waals surface area contributed by atoms with Gasteiger partial charge in [0.25, 0.3) is 0 Å². The minimum absolute atomic E-state index is 0.00181. The molecule has 3 aliphatic rings. The van der Waals surface area contributed by atoms with Gasteiger partial charge in [-0.05, 0) is 31.2 Å². The van der Waals surface area contributed by atoms with Crippen LogP contribution in [0.5, 0.6) is 17.2 Å². The Labute approximate surface area is 156 Å². The fourth-order valence-electron chi connectivity index (χ4n) is 4.40. The van der Waals surface area contributed by atoms with E-state index in [0.29, 0.717) is 29.0 Å². The summed E-state index contributed by atoms with van der Waals surface area (Å²) in [5, 5.41) is 3.46. The second-order valence-corrected chi connectivity index (χ2v) is 7.49. The van der Waals surface area contributed by atoms with E-state index in [2.05, 4.69) is 10.1 Å². The van der Waals surface area contributed by atoms with Crippen LogP contribution < -0.4 is 19.5 Å². The topological polar surface area (TPSA) is 60.0 Å². The Kier molecular flexibility index (Phi) is 5.08. The molecule has 2 aliphatic heterocycles. The third-order valence-electron chi connectivity index (χ3n) is 5.72. The third-order valence-corrected chi connectivity index (χ3v) is 5.72. The lowest BCUT2D eigenvalue weighted by Crippen LogP contribution is -2.43. The zero-order valence-corrected chi connectivity index (χ0v) is 15.2. The normalized spacial score (nSPS) is 26.1. The number of rotatable bonds is 5. The first-order chi connectivity index (χ1) is 13.0. The highest BCUT2D eigenvalue weighted by Crippen LogP contribution is 2.39. The lowest BCUT2D eigenvalue weighted by atomic mass is 9.85. The number of carbonyl (C=O) groups is 1. The van der Waals surface area contributed by atoms with Gasteiger partial charge in [-0.3, -0.25) is 4.79 Å². The van der Waals surface area contributed by atoms with Crippen LogP contribution in [0.3, 0.4) is 0 Å². The molecule has 1 saturated heterocycles. The fraction of sp³-hybridized carbons (Fsp3) is 0.632. The minimum Gasteiger partial charge on any atom is -0.454 e. The molecule has 6 nitrogen and oxygen atoms in total. The molecule has 1 amide bonds. The number of halogens is 2. The van der Waals surface area contributed by atoms with E-state index in [4.69, 9.17) is 9.47 Å². The molecule has 2 heterocycles. The number of benzene rings is 1. The second kappa shape index (κ2) is 7.50. The summed E-state index contributed by atoms with van der Waals surface area (Å²) in [4.78, 5) is 14.4. The summed E-state index contributed by atoms with van der Waals surface area (Å²) in [5.74, 6) is 1.37. The highest BCUT2D eigenvalue weighted by Gasteiger charge is 2.39. The number of hydrogen-bond acceptors (Lipinski definition) is 5. The molecule has 1 aliphatic carbocycles. The number of nitrogens with one attached hydrogen (secondary N) is 1. The first-order valence-electron chi connectivity index (χ1n) is 9.39. The van der Waals surface area contributed by atoms with E-state index in [-0.39, 0.29) is 31.0 Å². The number of hydrogen-bond donors (Lipinski definition) is 1. The molecular weight excluding hydrogens is 358 g/mol. The Hall–Kier alpha value is -2.09. The van der Waals surface area contributed by atoms with Crippen molar-refractivity contribution in [1.29, 1.82) is 0 Å². The van der Waals surface area contributed by atoms with E-state index in [1.54, 1.807) is 18.0 Å². The smallest absolute Gasteiger partial charge is 0.387 e. The van der Waals surface area contributed by atoms with E-state index < -0.39 is 6.61 Å². The second-order valence-electron chi connectivity index (χ2n) is 7.49. The lowest BCUT2D eigenvalue weighted by molar-refractivity contribution is -0.132. The van der Waals surface area contributed by atoms with Crippen molar-refractivity contribution in [3.63, 3.8) is 0 Å². The van der Waals surface area contributed by atoms with Crippen LogP contribution in [0, 0.1) is 5.92 Å². The van der Waals surface area contributed by atoms with E-state index in [1.807, 2.05) is 0 Å². The Bertz CT molecular complexity index is 701. The maximum Gasteiger partial charge on any atom is 0.387 e. The highest BCUT2D eigenvalue weighted by atomic mass is 19.3. The van der Waals surface area contributed by atoms with Gasteiger partial charge in [0.15, 0.2) is 11.5 Å². The third kappa shape index (κ3) is 3.81. The summed E-state index contributed by atoms with van der Waals surface area (Å²) in [6.45, 7) is -2.76. The average Bonchev–Trinajstić information content (AvgIpc) is 3.26. The maximum atomic E-state index is 12.9. The molecule has 3 atom stereocenters. The Morgan fingerprint density at radius 3 is 2.78 bits per heavy atom. The molecule has 0 aromatic heterocycles. The van der Waals surface area contributed by atoms with E-state index in [9.17, 15) is 13.6 Å². The predicted molar refractivity (Wildman–Crippen MR) is 93.0 cm³/mol. The summed E-state index contributed by atoms with van der Waals surface area (Å²) < 4.78 is 40.7. The number of alkyl halides is 2. The van der Waals surface area contributed by atoms with Gasteiger partial charge in [-0.2, -0.15) is 8.78 Å². The number of carbonyl (C=O) groups excluding carboxylic acids is 1. The van der Waals surface area contributed by atoms with Crippen molar-refractivity contribution in [2.75, 3.05) is 13.8 Å². The van der Waals surface area contributed by atoms with Gasteiger partial charge in [-0.15, -0.1) is 0 Å². The first kappa shape index (κ1) is 18.3. The molecule has 0 bridgehead atoms. The van der Waals surface area contributed by atoms with Crippen LogP contribution in [-0.4, -0.2) is 43.3 Å².